The summed E-state index contributed by atoms with van der Waals surface area (Å²) in [7, 11) is 0. The van der Waals surface area contributed by atoms with Gasteiger partial charge in [-0.25, -0.2) is 0 Å². The van der Waals surface area contributed by atoms with Crippen molar-refractivity contribution in [3.63, 3.8) is 0 Å². The maximum Gasteiger partial charge on any atom is 0.0510 e. The first-order valence-electron chi connectivity index (χ1n) is 18.5. The van der Waals surface area contributed by atoms with Gasteiger partial charge >= 0.3 is 0 Å². The fraction of sp³-hybridized carbons (Fsp3) is 0.895. The van der Waals surface area contributed by atoms with Gasteiger partial charge in [0.15, 0.2) is 0 Å². The van der Waals surface area contributed by atoms with Crippen LogP contribution in [0.5, 0.6) is 0 Å². The molecule has 3 heteroatoms. The summed E-state index contributed by atoms with van der Waals surface area (Å²) in [5.41, 5.74) is 0. The summed E-state index contributed by atoms with van der Waals surface area (Å²) in [6.45, 7) is 10.4. The molecule has 0 aromatic heterocycles. The van der Waals surface area contributed by atoms with Crippen molar-refractivity contribution in [2.45, 2.75) is 168 Å². The summed E-state index contributed by atoms with van der Waals surface area (Å²) in [6.07, 6.45) is 41.8. The van der Waals surface area contributed by atoms with Gasteiger partial charge in [0.25, 0.3) is 0 Å². The Hall–Kier alpha value is -0.640. The van der Waals surface area contributed by atoms with Crippen LogP contribution < -0.4 is 5.32 Å². The van der Waals surface area contributed by atoms with Crippen LogP contribution in [-0.4, -0.2) is 39.5 Å². The third-order valence-electron chi connectivity index (χ3n) is 8.74. The highest BCUT2D eigenvalue weighted by Gasteiger charge is 2.27. The van der Waals surface area contributed by atoms with Gasteiger partial charge in [-0.1, -0.05) is 128 Å². The molecule has 1 N–H and O–H groups in total. The first-order valence-corrected chi connectivity index (χ1v) is 18.5. The summed E-state index contributed by atoms with van der Waals surface area (Å²) in [5.74, 6) is 1.25. The smallest absolute Gasteiger partial charge is 0.0510 e. The molecule has 0 unspecified atom stereocenters. The van der Waals surface area contributed by atoms with Gasteiger partial charge in [-0.3, -0.25) is 0 Å². The summed E-state index contributed by atoms with van der Waals surface area (Å²) in [6, 6.07) is 0. The lowest BCUT2D eigenvalue weighted by Gasteiger charge is -2.18. The van der Waals surface area contributed by atoms with Gasteiger partial charge in [0.1, 0.15) is 0 Å². The van der Waals surface area contributed by atoms with Crippen LogP contribution in [0.1, 0.15) is 168 Å². The van der Waals surface area contributed by atoms with E-state index in [1.807, 2.05) is 0 Å². The molecule has 1 aliphatic heterocycles. The Bertz CT molecular complexity index is 512. The lowest BCUT2D eigenvalue weighted by Crippen LogP contribution is -2.23. The van der Waals surface area contributed by atoms with E-state index in [4.69, 9.17) is 9.47 Å². The second-order valence-electron chi connectivity index (χ2n) is 12.8. The molecule has 0 amide bonds. The van der Waals surface area contributed by atoms with Crippen molar-refractivity contribution in [3.05, 3.63) is 24.3 Å². The van der Waals surface area contributed by atoms with Crippen LogP contribution in [0.15, 0.2) is 24.3 Å². The number of allylic oxidation sites excluding steroid dienone is 4. The first kappa shape index (κ1) is 38.4. The molecule has 0 saturated carbocycles. The van der Waals surface area contributed by atoms with Crippen molar-refractivity contribution in [1.82, 2.24) is 5.32 Å². The second-order valence-corrected chi connectivity index (χ2v) is 12.8. The Balaban J connectivity index is 1.82. The molecule has 0 aromatic carbocycles. The van der Waals surface area contributed by atoms with Gasteiger partial charge < -0.3 is 14.8 Å². The fourth-order valence-electron chi connectivity index (χ4n) is 5.84. The molecule has 41 heavy (non-hydrogen) atoms. The molecular weight excluding hydrogens is 502 g/mol. The monoisotopic (exact) mass is 576 g/mol. The average Bonchev–Trinajstić information content (AvgIpc) is 3.43. The third-order valence-corrected chi connectivity index (χ3v) is 8.74. The van der Waals surface area contributed by atoms with Gasteiger partial charge in [-0.2, -0.15) is 0 Å². The predicted molar refractivity (Wildman–Crippen MR) is 182 cm³/mol. The summed E-state index contributed by atoms with van der Waals surface area (Å²) >= 11 is 0. The highest BCUT2D eigenvalue weighted by Crippen LogP contribution is 2.18. The Morgan fingerprint density at radius 3 is 1.12 bits per heavy atom. The van der Waals surface area contributed by atoms with Crippen LogP contribution >= 0.6 is 0 Å². The van der Waals surface area contributed by atoms with Crippen LogP contribution in [0.2, 0.25) is 0 Å². The van der Waals surface area contributed by atoms with E-state index in [0.29, 0.717) is 11.8 Å². The molecule has 2 atom stereocenters. The lowest BCUT2D eigenvalue weighted by atomic mass is 9.98. The quantitative estimate of drug-likeness (QED) is 0.0639. The second kappa shape index (κ2) is 32.3. The van der Waals surface area contributed by atoms with Crippen molar-refractivity contribution in [3.8, 4) is 0 Å². The minimum atomic E-state index is 0.625. The Kier molecular flexibility index (Phi) is 30.2. The van der Waals surface area contributed by atoms with Gasteiger partial charge in [0.05, 0.1) is 13.2 Å². The van der Waals surface area contributed by atoms with E-state index >= 15 is 0 Å². The van der Waals surface area contributed by atoms with E-state index in [1.165, 1.54) is 154 Å². The van der Waals surface area contributed by atoms with E-state index in [0.717, 1.165) is 39.5 Å². The molecule has 0 spiro atoms. The van der Waals surface area contributed by atoms with Crippen LogP contribution in [-0.2, 0) is 9.47 Å². The Morgan fingerprint density at radius 2 is 0.756 bits per heavy atom. The number of hydrogen-bond acceptors (Lipinski definition) is 3. The zero-order valence-corrected chi connectivity index (χ0v) is 28.0. The standard InChI is InChI=1S/C38H73NO2/c1-3-5-7-9-11-13-15-17-19-21-23-25-27-29-31-40-35-37-33-39-34-38(37)36-41-32-30-28-26-24-22-20-18-16-14-12-10-8-6-4-2/h13-16,37-39H,3-12,17-36H2,1-2H3/t37-,38-/m0/s1. The third kappa shape index (κ3) is 26.7. The van der Waals surface area contributed by atoms with Crippen molar-refractivity contribution in [2.75, 3.05) is 39.5 Å². The van der Waals surface area contributed by atoms with Crippen LogP contribution in [0.3, 0.4) is 0 Å². The van der Waals surface area contributed by atoms with E-state index < -0.39 is 0 Å². The summed E-state index contributed by atoms with van der Waals surface area (Å²) in [5, 5.41) is 3.56. The molecule has 0 aliphatic carbocycles. The van der Waals surface area contributed by atoms with Crippen LogP contribution in [0.4, 0.5) is 0 Å². The van der Waals surface area contributed by atoms with E-state index in [1.54, 1.807) is 0 Å². The maximum atomic E-state index is 6.08. The molecule has 1 fully saturated rings. The average molecular weight is 576 g/mol. The Morgan fingerprint density at radius 1 is 0.439 bits per heavy atom. The SMILES string of the molecule is CCCCCCC=CCCCCCCCCOC[C@@H]1CNC[C@H]1COCCCCCCCCC=CCCCCCC. The molecule has 1 rings (SSSR count). The molecule has 1 aliphatic rings. The van der Waals surface area contributed by atoms with Crippen LogP contribution in [0.25, 0.3) is 0 Å². The topological polar surface area (TPSA) is 30.5 Å². The van der Waals surface area contributed by atoms with E-state index in [2.05, 4.69) is 43.5 Å². The molecule has 0 bridgehead atoms. The molecule has 1 saturated heterocycles. The molecule has 242 valence electrons. The normalized spacial score (nSPS) is 17.5. The predicted octanol–water partition coefficient (Wildman–Crippen LogP) is 11.4. The van der Waals surface area contributed by atoms with Gasteiger partial charge in [0, 0.05) is 38.1 Å². The molecular formula is C38H73NO2. The summed E-state index contributed by atoms with van der Waals surface area (Å²) < 4.78 is 12.2. The molecule has 3 nitrogen and oxygen atoms in total. The zero-order valence-electron chi connectivity index (χ0n) is 28.0. The number of hydrogen-bond donors (Lipinski definition) is 1. The highest BCUT2D eigenvalue weighted by atomic mass is 16.5. The number of rotatable bonds is 32. The van der Waals surface area contributed by atoms with Gasteiger partial charge in [-0.15, -0.1) is 0 Å². The number of unbranched alkanes of at least 4 members (excludes halogenated alkanes) is 20. The van der Waals surface area contributed by atoms with Gasteiger partial charge in [-0.05, 0) is 64.2 Å². The van der Waals surface area contributed by atoms with Gasteiger partial charge in [0.2, 0.25) is 0 Å². The number of nitrogens with one attached hydrogen (secondary N) is 1. The lowest BCUT2D eigenvalue weighted by molar-refractivity contribution is 0.0482. The largest absolute Gasteiger partial charge is 0.381 e. The van der Waals surface area contributed by atoms with Crippen LogP contribution in [0, 0.1) is 11.8 Å². The van der Waals surface area contributed by atoms with Crippen molar-refractivity contribution in [2.24, 2.45) is 11.8 Å². The molecule has 0 radical (unpaired) electrons. The Labute approximate surface area is 258 Å². The van der Waals surface area contributed by atoms with Crippen molar-refractivity contribution in [1.29, 1.82) is 0 Å². The van der Waals surface area contributed by atoms with Crippen molar-refractivity contribution >= 4 is 0 Å². The maximum absolute atomic E-state index is 6.08. The van der Waals surface area contributed by atoms with Crippen molar-refractivity contribution < 1.29 is 9.47 Å². The minimum absolute atomic E-state index is 0.625. The molecule has 0 aromatic rings. The summed E-state index contributed by atoms with van der Waals surface area (Å²) in [4.78, 5) is 0. The van der Waals surface area contributed by atoms with E-state index in [9.17, 15) is 0 Å². The molecule has 1 heterocycles. The first-order chi connectivity index (χ1) is 20.4. The minimum Gasteiger partial charge on any atom is -0.381 e. The van der Waals surface area contributed by atoms with E-state index in [-0.39, 0.29) is 0 Å². The zero-order chi connectivity index (χ0) is 29.3. The number of ether oxygens (including phenoxy) is 2. The highest BCUT2D eigenvalue weighted by molar-refractivity contribution is 4.82. The fourth-order valence-corrected chi connectivity index (χ4v) is 5.84.